The number of nitrogens with zero attached hydrogens (tertiary/aromatic N) is 3. The van der Waals surface area contributed by atoms with E-state index in [-0.39, 0.29) is 11.6 Å². The molecule has 3 aromatic rings. The van der Waals surface area contributed by atoms with Gasteiger partial charge in [-0.15, -0.1) is 0 Å². The molecule has 0 saturated carbocycles. The monoisotopic (exact) mass is 279 g/mol. The Morgan fingerprint density at radius 2 is 2.33 bits per heavy atom. The van der Waals surface area contributed by atoms with E-state index in [0.29, 0.717) is 10.2 Å². The number of hydrogen-bond donors (Lipinski definition) is 2. The minimum atomic E-state index is -0.353. The van der Waals surface area contributed by atoms with E-state index in [1.165, 1.54) is 17.5 Å². The van der Waals surface area contributed by atoms with Crippen LogP contribution >= 0.6 is 22.9 Å². The van der Waals surface area contributed by atoms with E-state index < -0.39 is 0 Å². The lowest BCUT2D eigenvalue weighted by Gasteiger charge is -1.95. The highest BCUT2D eigenvalue weighted by atomic mass is 35.5. The smallest absolute Gasteiger partial charge is 0.279 e. The molecule has 0 aliphatic rings. The molecule has 2 heterocycles. The van der Waals surface area contributed by atoms with Crippen molar-refractivity contribution in [1.29, 1.82) is 0 Å². The highest BCUT2D eigenvalue weighted by molar-refractivity contribution is 7.22. The molecule has 6 nitrogen and oxygen atoms in total. The minimum absolute atomic E-state index is 0.215. The van der Waals surface area contributed by atoms with Crippen LogP contribution in [0.4, 0.5) is 5.13 Å². The second kappa shape index (κ2) is 4.35. The number of hydrogen-bond acceptors (Lipinski definition) is 5. The van der Waals surface area contributed by atoms with E-state index in [2.05, 4.69) is 25.7 Å². The second-order valence-electron chi connectivity index (χ2n) is 3.44. The van der Waals surface area contributed by atoms with Crippen molar-refractivity contribution in [1.82, 2.24) is 20.4 Å². The summed E-state index contributed by atoms with van der Waals surface area (Å²) in [6.07, 6.45) is 1.35. The molecule has 0 spiro atoms. The molecule has 0 fully saturated rings. The van der Waals surface area contributed by atoms with E-state index in [0.717, 1.165) is 10.2 Å². The molecule has 90 valence electrons. The van der Waals surface area contributed by atoms with Crippen molar-refractivity contribution >= 4 is 44.2 Å². The Morgan fingerprint density at radius 1 is 1.44 bits per heavy atom. The van der Waals surface area contributed by atoms with Crippen molar-refractivity contribution < 1.29 is 4.79 Å². The first-order valence-electron chi connectivity index (χ1n) is 4.95. The number of H-pyrrole nitrogens is 1. The van der Waals surface area contributed by atoms with Crippen molar-refractivity contribution in [3.05, 3.63) is 35.1 Å². The van der Waals surface area contributed by atoms with E-state index in [9.17, 15) is 4.79 Å². The number of rotatable bonds is 2. The summed E-state index contributed by atoms with van der Waals surface area (Å²) in [5.74, 6) is -0.353. The van der Waals surface area contributed by atoms with Gasteiger partial charge in [-0.2, -0.15) is 15.4 Å². The Hall–Kier alpha value is -1.99. The summed E-state index contributed by atoms with van der Waals surface area (Å²) < 4.78 is 0.915. The standard InChI is InChI=1S/C10H6ClN5OS/c11-5-1-2-6-8(3-5)18-10(13-6)14-9(17)7-4-12-16-15-7/h1-4H,(H,12,15,16)(H,13,14,17). The number of aromatic amines is 1. The number of benzene rings is 1. The van der Waals surface area contributed by atoms with Crippen LogP contribution in [-0.2, 0) is 0 Å². The molecule has 0 aliphatic heterocycles. The van der Waals surface area contributed by atoms with Crippen molar-refractivity contribution in [3.63, 3.8) is 0 Å². The van der Waals surface area contributed by atoms with Crippen molar-refractivity contribution in [2.75, 3.05) is 5.32 Å². The van der Waals surface area contributed by atoms with E-state index in [1.807, 2.05) is 0 Å². The van der Waals surface area contributed by atoms with Gasteiger partial charge < -0.3 is 0 Å². The largest absolute Gasteiger partial charge is 0.296 e. The number of nitrogens with one attached hydrogen (secondary N) is 2. The average Bonchev–Trinajstić information content (AvgIpc) is 2.95. The summed E-state index contributed by atoms with van der Waals surface area (Å²) in [6.45, 7) is 0. The lowest BCUT2D eigenvalue weighted by atomic mass is 10.3. The predicted octanol–water partition coefficient (Wildman–Crippen LogP) is 2.32. The summed E-state index contributed by atoms with van der Waals surface area (Å²) in [5.41, 5.74) is 1.01. The number of carbonyl (C=O) groups is 1. The molecule has 3 rings (SSSR count). The van der Waals surface area contributed by atoms with E-state index in [1.54, 1.807) is 18.2 Å². The Labute approximate surface area is 110 Å². The van der Waals surface area contributed by atoms with Crippen molar-refractivity contribution in [3.8, 4) is 0 Å². The van der Waals surface area contributed by atoms with Crippen LogP contribution in [0.25, 0.3) is 10.2 Å². The number of thiazole rings is 1. The number of anilines is 1. The summed E-state index contributed by atoms with van der Waals surface area (Å²) in [5, 5.41) is 13.4. The molecule has 0 aliphatic carbocycles. The Kier molecular flexibility index (Phi) is 2.69. The molecule has 18 heavy (non-hydrogen) atoms. The van der Waals surface area contributed by atoms with Gasteiger partial charge in [0, 0.05) is 5.02 Å². The van der Waals surface area contributed by atoms with Gasteiger partial charge in [0.05, 0.1) is 16.4 Å². The molecule has 2 N–H and O–H groups in total. The second-order valence-corrected chi connectivity index (χ2v) is 4.91. The lowest BCUT2D eigenvalue weighted by Crippen LogP contribution is -2.11. The molecule has 1 amide bonds. The third-order valence-electron chi connectivity index (χ3n) is 2.22. The minimum Gasteiger partial charge on any atom is -0.296 e. The zero-order chi connectivity index (χ0) is 12.5. The molecule has 0 saturated heterocycles. The van der Waals surface area contributed by atoms with Gasteiger partial charge >= 0.3 is 0 Å². The summed E-state index contributed by atoms with van der Waals surface area (Å²) in [7, 11) is 0. The van der Waals surface area contributed by atoms with Gasteiger partial charge in [0.25, 0.3) is 5.91 Å². The molecular formula is C10H6ClN5OS. The normalized spacial score (nSPS) is 10.7. The maximum atomic E-state index is 11.7. The average molecular weight is 280 g/mol. The lowest BCUT2D eigenvalue weighted by molar-refractivity contribution is 0.102. The number of carbonyl (C=O) groups excluding carboxylic acids is 1. The van der Waals surface area contributed by atoms with E-state index in [4.69, 9.17) is 11.6 Å². The zero-order valence-corrected chi connectivity index (χ0v) is 10.4. The van der Waals surface area contributed by atoms with Gasteiger partial charge in [0.1, 0.15) is 0 Å². The highest BCUT2D eigenvalue weighted by Gasteiger charge is 2.12. The van der Waals surface area contributed by atoms with Crippen LogP contribution in [0.3, 0.4) is 0 Å². The van der Waals surface area contributed by atoms with Gasteiger partial charge in [-0.25, -0.2) is 4.98 Å². The summed E-state index contributed by atoms with van der Waals surface area (Å²) in [6, 6.07) is 5.37. The summed E-state index contributed by atoms with van der Waals surface area (Å²) >= 11 is 7.24. The maximum Gasteiger partial charge on any atom is 0.279 e. The van der Waals surface area contributed by atoms with Crippen LogP contribution in [0.1, 0.15) is 10.5 Å². The molecule has 0 unspecified atom stereocenters. The molecular weight excluding hydrogens is 274 g/mol. The van der Waals surface area contributed by atoms with Crippen molar-refractivity contribution in [2.24, 2.45) is 0 Å². The van der Waals surface area contributed by atoms with E-state index >= 15 is 0 Å². The Morgan fingerprint density at radius 3 is 3.11 bits per heavy atom. The number of aromatic nitrogens is 4. The SMILES string of the molecule is O=C(Nc1nc2ccc(Cl)cc2s1)c1cn[nH]n1. The fourth-order valence-corrected chi connectivity index (χ4v) is 2.56. The number of halogens is 1. The zero-order valence-electron chi connectivity index (χ0n) is 8.85. The maximum absolute atomic E-state index is 11.7. The molecule has 0 radical (unpaired) electrons. The first-order valence-corrected chi connectivity index (χ1v) is 6.15. The number of amides is 1. The first kappa shape index (κ1) is 11.1. The quantitative estimate of drug-likeness (QED) is 0.754. The van der Waals surface area contributed by atoms with Crippen LogP contribution in [-0.4, -0.2) is 26.3 Å². The molecule has 0 atom stereocenters. The van der Waals surface area contributed by atoms with Gasteiger partial charge in [-0.3, -0.25) is 10.1 Å². The van der Waals surface area contributed by atoms with Gasteiger partial charge in [0.15, 0.2) is 10.8 Å². The van der Waals surface area contributed by atoms with Gasteiger partial charge in [-0.1, -0.05) is 22.9 Å². The molecule has 1 aromatic carbocycles. The van der Waals surface area contributed by atoms with Crippen LogP contribution in [0, 0.1) is 0 Å². The molecule has 8 heteroatoms. The molecule has 0 bridgehead atoms. The van der Waals surface area contributed by atoms with Gasteiger partial charge in [0.2, 0.25) is 0 Å². The third-order valence-corrected chi connectivity index (χ3v) is 3.39. The van der Waals surface area contributed by atoms with Crippen LogP contribution in [0.15, 0.2) is 24.4 Å². The van der Waals surface area contributed by atoms with Crippen LogP contribution in [0.2, 0.25) is 5.02 Å². The molecule has 2 aromatic heterocycles. The van der Waals surface area contributed by atoms with Crippen LogP contribution in [0.5, 0.6) is 0 Å². The van der Waals surface area contributed by atoms with Gasteiger partial charge in [-0.05, 0) is 18.2 Å². The number of fused-ring (bicyclic) bond motifs is 1. The fourth-order valence-electron chi connectivity index (χ4n) is 1.42. The fraction of sp³-hybridized carbons (Fsp3) is 0. The summed E-state index contributed by atoms with van der Waals surface area (Å²) in [4.78, 5) is 16.0. The van der Waals surface area contributed by atoms with Crippen molar-refractivity contribution in [2.45, 2.75) is 0 Å². The van der Waals surface area contributed by atoms with Crippen LogP contribution < -0.4 is 5.32 Å². The third kappa shape index (κ3) is 2.05. The topological polar surface area (TPSA) is 83.6 Å². The Bertz CT molecular complexity index is 708. The first-order chi connectivity index (χ1) is 8.72. The highest BCUT2D eigenvalue weighted by Crippen LogP contribution is 2.28. The Balaban J connectivity index is 1.89. The predicted molar refractivity (Wildman–Crippen MR) is 69.0 cm³/mol.